The average Bonchev–Trinajstić information content (AvgIpc) is 3.08. The van der Waals surface area contributed by atoms with E-state index in [2.05, 4.69) is 5.32 Å². The number of anilines is 2. The number of rotatable bonds is 5. The normalized spacial score (nSPS) is 16.1. The minimum Gasteiger partial charge on any atom is -0.322 e. The third-order valence-corrected chi connectivity index (χ3v) is 6.51. The molecule has 1 unspecified atom stereocenters. The summed E-state index contributed by atoms with van der Waals surface area (Å²) in [6, 6.07) is 18.0. The van der Waals surface area contributed by atoms with Crippen molar-refractivity contribution in [2.45, 2.75) is 29.7 Å². The molecule has 1 aliphatic heterocycles. The molecule has 5 nitrogen and oxygen atoms in total. The molecule has 1 N–H and O–H groups in total. The topological polar surface area (TPSA) is 66.5 Å². The Hall–Kier alpha value is -3.59. The standard InChI is InChI=1S/C25H19F3N2O3S/c1-15-9-11-17(12-10-15)29-23(32)19-7-2-3-8-20(19)34-21-14-22(31)30(24(21)33)18-6-4-5-16(13-18)25(26,27)28/h2-13,21H,14H2,1H3,(H,29,32). The van der Waals surface area contributed by atoms with Crippen LogP contribution in [0.2, 0.25) is 0 Å². The van der Waals surface area contributed by atoms with Gasteiger partial charge in [0.25, 0.3) is 5.91 Å². The molecule has 0 bridgehead atoms. The second-order valence-electron chi connectivity index (χ2n) is 7.74. The molecule has 1 saturated heterocycles. The largest absolute Gasteiger partial charge is 0.416 e. The van der Waals surface area contributed by atoms with E-state index in [1.54, 1.807) is 36.4 Å². The highest BCUT2D eigenvalue weighted by molar-refractivity contribution is 8.00. The number of halogens is 3. The van der Waals surface area contributed by atoms with Gasteiger partial charge in [-0.05, 0) is 49.4 Å². The molecule has 0 saturated carbocycles. The fourth-order valence-corrected chi connectivity index (χ4v) is 4.72. The van der Waals surface area contributed by atoms with Crippen LogP contribution in [-0.4, -0.2) is 23.0 Å². The van der Waals surface area contributed by atoms with Crippen molar-refractivity contribution in [2.24, 2.45) is 0 Å². The number of carbonyl (C=O) groups excluding carboxylic acids is 3. The van der Waals surface area contributed by atoms with Crippen LogP contribution in [-0.2, 0) is 15.8 Å². The van der Waals surface area contributed by atoms with Gasteiger partial charge in [-0.1, -0.05) is 35.9 Å². The molecule has 0 aliphatic carbocycles. The highest BCUT2D eigenvalue weighted by Crippen LogP contribution is 2.37. The molecule has 34 heavy (non-hydrogen) atoms. The zero-order valence-corrected chi connectivity index (χ0v) is 18.7. The summed E-state index contributed by atoms with van der Waals surface area (Å²) >= 11 is 1.04. The van der Waals surface area contributed by atoms with Crippen LogP contribution in [0.1, 0.15) is 27.9 Å². The summed E-state index contributed by atoms with van der Waals surface area (Å²) in [5.41, 5.74) is 0.908. The monoisotopic (exact) mass is 484 g/mol. The number of thioether (sulfide) groups is 1. The summed E-state index contributed by atoms with van der Waals surface area (Å²) in [5.74, 6) is -1.59. The summed E-state index contributed by atoms with van der Waals surface area (Å²) < 4.78 is 39.2. The number of imide groups is 1. The number of carbonyl (C=O) groups is 3. The first-order chi connectivity index (χ1) is 16.1. The van der Waals surface area contributed by atoms with E-state index in [-0.39, 0.29) is 18.0 Å². The quantitative estimate of drug-likeness (QED) is 0.473. The minimum absolute atomic E-state index is 0.127. The van der Waals surface area contributed by atoms with Gasteiger partial charge >= 0.3 is 6.18 Å². The summed E-state index contributed by atoms with van der Waals surface area (Å²) in [7, 11) is 0. The van der Waals surface area contributed by atoms with Crippen LogP contribution < -0.4 is 10.2 Å². The molecule has 3 aromatic carbocycles. The first-order valence-electron chi connectivity index (χ1n) is 10.3. The Balaban J connectivity index is 1.54. The van der Waals surface area contributed by atoms with E-state index in [1.165, 1.54) is 6.07 Å². The Bertz CT molecular complexity index is 1260. The van der Waals surface area contributed by atoms with Crippen molar-refractivity contribution in [1.29, 1.82) is 0 Å². The van der Waals surface area contributed by atoms with Crippen LogP contribution in [0.25, 0.3) is 0 Å². The summed E-state index contributed by atoms with van der Waals surface area (Å²) in [6.45, 7) is 1.93. The Morgan fingerprint density at radius 2 is 1.71 bits per heavy atom. The molecule has 1 aliphatic rings. The Morgan fingerprint density at radius 1 is 1.00 bits per heavy atom. The highest BCUT2D eigenvalue weighted by atomic mass is 32.2. The molecule has 1 atom stereocenters. The lowest BCUT2D eigenvalue weighted by Crippen LogP contribution is -2.31. The van der Waals surface area contributed by atoms with Gasteiger partial charge in [0.1, 0.15) is 0 Å². The Labute approximate surface area is 198 Å². The zero-order valence-electron chi connectivity index (χ0n) is 17.9. The molecule has 9 heteroatoms. The fraction of sp³-hybridized carbons (Fsp3) is 0.160. The molecule has 1 fully saturated rings. The number of aryl methyl sites for hydroxylation is 1. The molecule has 1 heterocycles. The maximum absolute atomic E-state index is 13.1. The van der Waals surface area contributed by atoms with Crippen molar-refractivity contribution in [2.75, 3.05) is 10.2 Å². The number of amides is 3. The maximum atomic E-state index is 13.1. The molecule has 4 rings (SSSR count). The molecule has 0 aromatic heterocycles. The number of alkyl halides is 3. The van der Waals surface area contributed by atoms with Crippen LogP contribution in [0.15, 0.2) is 77.7 Å². The van der Waals surface area contributed by atoms with E-state index in [0.29, 0.717) is 16.1 Å². The Kier molecular flexibility index (Phi) is 6.47. The molecule has 174 valence electrons. The predicted molar refractivity (Wildman–Crippen MR) is 124 cm³/mol. The van der Waals surface area contributed by atoms with E-state index in [9.17, 15) is 27.6 Å². The lowest BCUT2D eigenvalue weighted by atomic mass is 10.2. The number of hydrogen-bond acceptors (Lipinski definition) is 4. The van der Waals surface area contributed by atoms with Gasteiger partial charge in [-0.2, -0.15) is 13.2 Å². The first kappa shape index (κ1) is 23.6. The smallest absolute Gasteiger partial charge is 0.322 e. The van der Waals surface area contributed by atoms with Gasteiger partial charge < -0.3 is 5.32 Å². The second-order valence-corrected chi connectivity index (χ2v) is 8.99. The third-order valence-electron chi connectivity index (χ3n) is 5.25. The molecule has 3 aromatic rings. The number of benzene rings is 3. The van der Waals surface area contributed by atoms with Crippen molar-refractivity contribution >= 4 is 40.9 Å². The maximum Gasteiger partial charge on any atom is 0.416 e. The molecular formula is C25H19F3N2O3S. The van der Waals surface area contributed by atoms with Crippen molar-refractivity contribution < 1.29 is 27.6 Å². The van der Waals surface area contributed by atoms with E-state index < -0.39 is 28.8 Å². The van der Waals surface area contributed by atoms with Crippen molar-refractivity contribution in [3.8, 4) is 0 Å². The van der Waals surface area contributed by atoms with Gasteiger partial charge in [0.2, 0.25) is 11.8 Å². The van der Waals surface area contributed by atoms with Crippen molar-refractivity contribution in [3.05, 3.63) is 89.5 Å². The fourth-order valence-electron chi connectivity index (χ4n) is 3.53. The summed E-state index contributed by atoms with van der Waals surface area (Å²) in [6.07, 6.45) is -4.78. The van der Waals surface area contributed by atoms with Crippen LogP contribution in [0.3, 0.4) is 0 Å². The zero-order chi connectivity index (χ0) is 24.5. The van der Waals surface area contributed by atoms with Gasteiger partial charge in [0.15, 0.2) is 0 Å². The van der Waals surface area contributed by atoms with Crippen molar-refractivity contribution in [3.63, 3.8) is 0 Å². The number of hydrogen-bond donors (Lipinski definition) is 1. The van der Waals surface area contributed by atoms with Crippen LogP contribution in [0.5, 0.6) is 0 Å². The summed E-state index contributed by atoms with van der Waals surface area (Å²) in [5, 5.41) is 1.94. The SMILES string of the molecule is Cc1ccc(NC(=O)c2ccccc2SC2CC(=O)N(c3cccc(C(F)(F)F)c3)C2=O)cc1. The highest BCUT2D eigenvalue weighted by Gasteiger charge is 2.41. The predicted octanol–water partition coefficient (Wildman–Crippen LogP) is 5.69. The van der Waals surface area contributed by atoms with Gasteiger partial charge in [0, 0.05) is 17.0 Å². The lowest BCUT2D eigenvalue weighted by molar-refractivity contribution is -0.137. The van der Waals surface area contributed by atoms with Crippen LogP contribution in [0.4, 0.5) is 24.5 Å². The van der Waals surface area contributed by atoms with E-state index in [0.717, 1.165) is 40.4 Å². The number of nitrogens with one attached hydrogen (secondary N) is 1. The van der Waals surface area contributed by atoms with E-state index >= 15 is 0 Å². The van der Waals surface area contributed by atoms with Gasteiger partial charge in [-0.15, -0.1) is 11.8 Å². The van der Waals surface area contributed by atoms with Crippen LogP contribution >= 0.6 is 11.8 Å². The molecule has 0 radical (unpaired) electrons. The average molecular weight is 484 g/mol. The first-order valence-corrected chi connectivity index (χ1v) is 11.2. The van der Waals surface area contributed by atoms with Gasteiger partial charge in [-0.3, -0.25) is 14.4 Å². The van der Waals surface area contributed by atoms with E-state index in [1.807, 2.05) is 19.1 Å². The van der Waals surface area contributed by atoms with Gasteiger partial charge in [0.05, 0.1) is 22.1 Å². The van der Waals surface area contributed by atoms with Crippen LogP contribution in [0, 0.1) is 6.92 Å². The minimum atomic E-state index is -4.60. The van der Waals surface area contributed by atoms with E-state index in [4.69, 9.17) is 0 Å². The van der Waals surface area contributed by atoms with Gasteiger partial charge in [-0.25, -0.2) is 4.90 Å². The molecule has 0 spiro atoms. The Morgan fingerprint density at radius 3 is 2.41 bits per heavy atom. The molecular weight excluding hydrogens is 465 g/mol. The third kappa shape index (κ3) is 4.99. The molecule has 3 amide bonds. The van der Waals surface area contributed by atoms with Crippen molar-refractivity contribution in [1.82, 2.24) is 0 Å². The number of nitrogens with zero attached hydrogens (tertiary/aromatic N) is 1. The summed E-state index contributed by atoms with van der Waals surface area (Å²) in [4.78, 5) is 39.7. The second kappa shape index (κ2) is 9.34. The lowest BCUT2D eigenvalue weighted by Gasteiger charge is -2.17.